The van der Waals surface area contributed by atoms with E-state index in [9.17, 15) is 33.2 Å². The van der Waals surface area contributed by atoms with Gasteiger partial charge in [0.1, 0.15) is 24.9 Å². The van der Waals surface area contributed by atoms with Gasteiger partial charge in [-0.05, 0) is 37.5 Å². The number of alkyl halides is 1. The molecule has 3 aromatic heterocycles. The van der Waals surface area contributed by atoms with Crippen molar-refractivity contribution >= 4 is 58.0 Å². The molecule has 1 aromatic carbocycles. The highest BCUT2D eigenvalue weighted by Gasteiger charge is 2.45. The molecule has 6 amide bonds. The zero-order chi connectivity index (χ0) is 42.2. The van der Waals surface area contributed by atoms with Crippen LogP contribution in [-0.2, 0) is 23.8 Å². The van der Waals surface area contributed by atoms with Crippen molar-refractivity contribution in [3.8, 4) is 11.9 Å². The third-order valence-corrected chi connectivity index (χ3v) is 9.61. The molecule has 20 nitrogen and oxygen atoms in total. The van der Waals surface area contributed by atoms with Gasteiger partial charge in [0.2, 0.25) is 11.8 Å². The monoisotopic (exact) mass is 825 g/mol. The molecule has 1 aliphatic carbocycles. The molecule has 2 unspecified atom stereocenters. The first-order valence-corrected chi connectivity index (χ1v) is 19.2. The molecule has 5 N–H and O–H groups in total. The van der Waals surface area contributed by atoms with Crippen LogP contribution in [0.3, 0.4) is 0 Å². The van der Waals surface area contributed by atoms with Crippen molar-refractivity contribution in [2.75, 3.05) is 63.3 Å². The second-order valence-electron chi connectivity index (χ2n) is 14.0. The number of nitrogens with one attached hydrogen (secondary N) is 5. The van der Waals surface area contributed by atoms with E-state index in [4.69, 9.17) is 19.5 Å². The minimum Gasteiger partial charge on any atom is -0.447 e. The Bertz CT molecular complexity index is 2360. The lowest BCUT2D eigenvalue weighted by atomic mass is 10.0. The number of pyridine rings is 2. The second-order valence-corrected chi connectivity index (χ2v) is 14.0. The lowest BCUT2D eigenvalue weighted by Gasteiger charge is -2.27. The maximum Gasteiger partial charge on any atom is 0.407 e. The number of hydrogen-bond donors (Lipinski definition) is 5. The predicted octanol–water partition coefficient (Wildman–Crippen LogP) is 1.60. The van der Waals surface area contributed by atoms with Gasteiger partial charge in [0.15, 0.2) is 11.5 Å². The number of imide groups is 2. The highest BCUT2D eigenvalue weighted by molar-refractivity contribution is 6.25. The number of alkyl carbamates (subject to hydrolysis) is 1. The van der Waals surface area contributed by atoms with E-state index in [0.717, 1.165) is 17.7 Å². The van der Waals surface area contributed by atoms with Gasteiger partial charge in [-0.2, -0.15) is 15.0 Å². The van der Waals surface area contributed by atoms with Crippen LogP contribution in [0.5, 0.6) is 0 Å². The quantitative estimate of drug-likeness (QED) is 0.0665. The Balaban J connectivity index is 0.756. The van der Waals surface area contributed by atoms with Crippen molar-refractivity contribution < 1.29 is 47.4 Å². The zero-order valence-electron chi connectivity index (χ0n) is 32.1. The molecule has 312 valence electrons. The van der Waals surface area contributed by atoms with Crippen molar-refractivity contribution in [1.82, 2.24) is 40.6 Å². The van der Waals surface area contributed by atoms with Gasteiger partial charge in [-0.25, -0.2) is 19.2 Å². The van der Waals surface area contributed by atoms with E-state index in [1.54, 1.807) is 30.5 Å². The third kappa shape index (κ3) is 9.62. The standard InChI is InChI=1S/C39H40FN11O9/c40-24(19-46-35(53)27-20-44-31(15-29(27)48-25-4-5-25)51-34-23(18-47-51)14-22(16-41)17-45-34)21-59-12-13-60-39(57)43-9-11-58-10-8-42-28-3-1-2-26-33(28)38(56)50(37(26)55)30-6-7-32(52)49-36(30)54/h1-3,14-15,17-18,20,24-25,30,42H,4-13,19,21H2,(H,43,57)(H,44,48)(H,46,53)(H,49,52,54). The molecule has 2 fully saturated rings. The smallest absolute Gasteiger partial charge is 0.407 e. The number of benzene rings is 1. The van der Waals surface area contributed by atoms with Gasteiger partial charge in [-0.3, -0.25) is 34.2 Å². The number of fused-ring (bicyclic) bond motifs is 2. The maximum atomic E-state index is 14.6. The summed E-state index contributed by atoms with van der Waals surface area (Å²) < 4.78 is 32.0. The lowest BCUT2D eigenvalue weighted by molar-refractivity contribution is -0.136. The molecule has 60 heavy (non-hydrogen) atoms. The molecule has 0 radical (unpaired) electrons. The van der Waals surface area contributed by atoms with E-state index in [1.165, 1.54) is 23.1 Å². The Morgan fingerprint density at radius 2 is 1.78 bits per heavy atom. The summed E-state index contributed by atoms with van der Waals surface area (Å²) in [5.41, 5.74) is 2.31. The molecule has 3 aliphatic rings. The maximum absolute atomic E-state index is 14.6. The number of carbonyl (C=O) groups is 6. The van der Waals surface area contributed by atoms with Gasteiger partial charge < -0.3 is 35.5 Å². The van der Waals surface area contributed by atoms with Crippen LogP contribution in [0, 0.1) is 11.3 Å². The molecule has 4 aromatic rings. The summed E-state index contributed by atoms with van der Waals surface area (Å²) in [6.07, 6.45) is 4.09. The first kappa shape index (κ1) is 41.1. The number of piperidine rings is 1. The van der Waals surface area contributed by atoms with E-state index in [2.05, 4.69) is 41.7 Å². The van der Waals surface area contributed by atoms with Gasteiger partial charge in [-0.15, -0.1) is 0 Å². The first-order chi connectivity index (χ1) is 29.1. The third-order valence-electron chi connectivity index (χ3n) is 9.61. The normalized spacial score (nSPS) is 16.5. The van der Waals surface area contributed by atoms with Crippen molar-refractivity contribution in [1.29, 1.82) is 5.26 Å². The van der Waals surface area contributed by atoms with Crippen LogP contribution >= 0.6 is 0 Å². The summed E-state index contributed by atoms with van der Waals surface area (Å²) in [5.74, 6) is -2.49. The SMILES string of the molecule is N#Cc1cnc2c(cnn2-c2cc(NC3CC3)c(C(=O)NCC(F)COCCOC(=O)NCCOCCNc3cccc4c3C(=O)N(C3CCC(=O)NC3=O)C4=O)cn2)c1. The second kappa shape index (κ2) is 18.7. The molecule has 2 aliphatic heterocycles. The number of ether oxygens (including phenoxy) is 3. The Hall–Kier alpha value is -7.05. The van der Waals surface area contributed by atoms with Crippen molar-refractivity contribution in [3.63, 3.8) is 0 Å². The fraction of sp³-hybridized carbons (Fsp3) is 0.385. The summed E-state index contributed by atoms with van der Waals surface area (Å²) >= 11 is 0. The van der Waals surface area contributed by atoms with E-state index in [-0.39, 0.29) is 88.2 Å². The Kier molecular flexibility index (Phi) is 12.8. The van der Waals surface area contributed by atoms with Crippen molar-refractivity contribution in [2.24, 2.45) is 0 Å². The van der Waals surface area contributed by atoms with E-state index >= 15 is 0 Å². The molecule has 1 saturated heterocycles. The zero-order valence-corrected chi connectivity index (χ0v) is 32.1. The summed E-state index contributed by atoms with van der Waals surface area (Å²) in [6, 6.07) is 9.26. The lowest BCUT2D eigenvalue weighted by Crippen LogP contribution is -2.54. The van der Waals surface area contributed by atoms with E-state index < -0.39 is 47.8 Å². The number of nitrogens with zero attached hydrogens (tertiary/aromatic N) is 6. The van der Waals surface area contributed by atoms with Crippen LogP contribution < -0.4 is 26.6 Å². The average Bonchev–Trinajstić information content (AvgIpc) is 3.90. The average molecular weight is 826 g/mol. The van der Waals surface area contributed by atoms with Gasteiger partial charge in [0.25, 0.3) is 17.7 Å². The Morgan fingerprint density at radius 3 is 2.58 bits per heavy atom. The van der Waals surface area contributed by atoms with E-state index in [0.29, 0.717) is 33.8 Å². The van der Waals surface area contributed by atoms with Crippen LogP contribution in [0.2, 0.25) is 0 Å². The summed E-state index contributed by atoms with van der Waals surface area (Å²) in [6.45, 7) is -0.196. The van der Waals surface area contributed by atoms with Crippen molar-refractivity contribution in [3.05, 3.63) is 71.2 Å². The molecular weight excluding hydrogens is 785 g/mol. The first-order valence-electron chi connectivity index (χ1n) is 19.2. The van der Waals surface area contributed by atoms with Crippen LogP contribution in [-0.4, -0.2) is 131 Å². The summed E-state index contributed by atoms with van der Waals surface area (Å²) in [4.78, 5) is 84.8. The number of hydrogen-bond acceptors (Lipinski definition) is 15. The molecule has 2 atom stereocenters. The van der Waals surface area contributed by atoms with Crippen molar-refractivity contribution in [2.45, 2.75) is 43.9 Å². The number of anilines is 2. The van der Waals surface area contributed by atoms with E-state index in [1.807, 2.05) is 6.07 Å². The molecule has 7 rings (SSSR count). The number of rotatable bonds is 19. The Morgan fingerprint density at radius 1 is 0.950 bits per heavy atom. The number of aromatic nitrogens is 4. The molecular formula is C39H40FN11O9. The topological polar surface area (TPSA) is 261 Å². The predicted molar refractivity (Wildman–Crippen MR) is 208 cm³/mol. The molecule has 1 saturated carbocycles. The molecule has 5 heterocycles. The van der Waals surface area contributed by atoms with Gasteiger partial charge >= 0.3 is 6.09 Å². The largest absolute Gasteiger partial charge is 0.447 e. The minimum atomic E-state index is -1.54. The number of carbonyl (C=O) groups excluding carboxylic acids is 6. The fourth-order valence-electron chi connectivity index (χ4n) is 6.52. The number of halogens is 1. The van der Waals surface area contributed by atoms with Crippen LogP contribution in [0.4, 0.5) is 20.6 Å². The number of nitriles is 1. The van der Waals surface area contributed by atoms with Gasteiger partial charge in [0.05, 0.1) is 67.1 Å². The summed E-state index contributed by atoms with van der Waals surface area (Å²) in [5, 5.41) is 27.8. The fourth-order valence-corrected chi connectivity index (χ4v) is 6.52. The molecule has 0 bridgehead atoms. The number of amides is 6. The van der Waals surface area contributed by atoms with Gasteiger partial charge in [0, 0.05) is 55.1 Å². The minimum absolute atomic E-state index is 0.0230. The van der Waals surface area contributed by atoms with Crippen LogP contribution in [0.15, 0.2) is 48.9 Å². The summed E-state index contributed by atoms with van der Waals surface area (Å²) in [7, 11) is 0. The Labute approximate surface area is 341 Å². The highest BCUT2D eigenvalue weighted by Crippen LogP contribution is 2.32. The molecule has 0 spiro atoms. The van der Waals surface area contributed by atoms with Crippen LogP contribution in [0.25, 0.3) is 16.9 Å². The molecule has 21 heteroatoms. The van der Waals surface area contributed by atoms with Crippen LogP contribution in [0.1, 0.15) is 62.3 Å². The van der Waals surface area contributed by atoms with Gasteiger partial charge in [-0.1, -0.05) is 6.07 Å². The highest BCUT2D eigenvalue weighted by atomic mass is 19.1.